The van der Waals surface area contributed by atoms with Crippen LogP contribution in [0.2, 0.25) is 0 Å². The molecule has 0 radical (unpaired) electrons. The molecule has 0 saturated heterocycles. The second-order valence-corrected chi connectivity index (χ2v) is 7.78. The number of hydrogen-bond donors (Lipinski definition) is 2. The van der Waals surface area contributed by atoms with Crippen molar-refractivity contribution < 1.29 is 24.2 Å². The molecule has 1 aromatic heterocycles. The molecular formula is C21H27N5O5. The van der Waals surface area contributed by atoms with E-state index in [2.05, 4.69) is 20.8 Å². The van der Waals surface area contributed by atoms with Gasteiger partial charge in [0.05, 0.1) is 6.42 Å². The van der Waals surface area contributed by atoms with Gasteiger partial charge < -0.3 is 15.2 Å². The minimum absolute atomic E-state index is 0.0131. The number of aliphatic carboxylic acids is 1. The van der Waals surface area contributed by atoms with Crippen LogP contribution in [0.3, 0.4) is 0 Å². The number of ketones is 1. The Balaban J connectivity index is 1.57. The summed E-state index contributed by atoms with van der Waals surface area (Å²) in [7, 11) is 0. The Kier molecular flexibility index (Phi) is 8.08. The topological polar surface area (TPSA) is 136 Å². The zero-order valence-corrected chi connectivity index (χ0v) is 17.3. The summed E-state index contributed by atoms with van der Waals surface area (Å²) in [5, 5.41) is 23.1. The average molecular weight is 429 g/mol. The van der Waals surface area contributed by atoms with E-state index in [-0.39, 0.29) is 13.2 Å². The fraction of sp³-hybridized carbons (Fsp3) is 0.524. The van der Waals surface area contributed by atoms with Gasteiger partial charge in [0.2, 0.25) is 0 Å². The van der Waals surface area contributed by atoms with Gasteiger partial charge in [0.1, 0.15) is 19.2 Å². The average Bonchev–Trinajstić information content (AvgIpc) is 3.19. The molecule has 1 aromatic carbocycles. The van der Waals surface area contributed by atoms with Crippen LogP contribution in [0, 0.1) is 5.92 Å². The van der Waals surface area contributed by atoms with Crippen LogP contribution in [0.15, 0.2) is 30.3 Å². The van der Waals surface area contributed by atoms with Crippen molar-refractivity contribution in [2.75, 3.05) is 0 Å². The number of nitrogens with zero attached hydrogens (tertiary/aromatic N) is 4. The molecule has 1 heterocycles. The maximum atomic E-state index is 12.8. The monoisotopic (exact) mass is 429 g/mol. The van der Waals surface area contributed by atoms with Crippen molar-refractivity contribution in [1.29, 1.82) is 0 Å². The van der Waals surface area contributed by atoms with Gasteiger partial charge in [-0.2, -0.15) is 0 Å². The van der Waals surface area contributed by atoms with Crippen molar-refractivity contribution in [3.05, 3.63) is 41.7 Å². The quantitative estimate of drug-likeness (QED) is 0.586. The number of carbonyl (C=O) groups is 3. The van der Waals surface area contributed by atoms with Crippen LogP contribution < -0.4 is 5.32 Å². The fourth-order valence-electron chi connectivity index (χ4n) is 3.73. The zero-order chi connectivity index (χ0) is 22.1. The van der Waals surface area contributed by atoms with Gasteiger partial charge in [-0.05, 0) is 21.9 Å². The highest BCUT2D eigenvalue weighted by Gasteiger charge is 2.26. The van der Waals surface area contributed by atoms with E-state index in [1.54, 1.807) is 12.1 Å². The highest BCUT2D eigenvalue weighted by atomic mass is 16.5. The lowest BCUT2D eigenvalue weighted by molar-refractivity contribution is -0.139. The number of tetrazole rings is 1. The maximum absolute atomic E-state index is 12.8. The second kappa shape index (κ2) is 11.2. The van der Waals surface area contributed by atoms with Crippen LogP contribution in [0.4, 0.5) is 4.79 Å². The summed E-state index contributed by atoms with van der Waals surface area (Å²) in [5.41, 5.74) is 0.778. The molecule has 0 aliphatic heterocycles. The predicted octanol–water partition coefficient (Wildman–Crippen LogP) is 2.13. The third-order valence-corrected chi connectivity index (χ3v) is 5.38. The Labute approximate surface area is 180 Å². The van der Waals surface area contributed by atoms with E-state index in [1.165, 1.54) is 23.9 Å². The lowest BCUT2D eigenvalue weighted by Gasteiger charge is -2.21. The van der Waals surface area contributed by atoms with Crippen LogP contribution >= 0.6 is 0 Å². The van der Waals surface area contributed by atoms with Crippen molar-refractivity contribution >= 4 is 17.8 Å². The van der Waals surface area contributed by atoms with Crippen LogP contribution in [0.1, 0.15) is 49.9 Å². The summed E-state index contributed by atoms with van der Waals surface area (Å²) in [6.45, 7) is -0.203. The van der Waals surface area contributed by atoms with Gasteiger partial charge in [0.15, 0.2) is 11.6 Å². The number of benzene rings is 1. The van der Waals surface area contributed by atoms with E-state index >= 15 is 0 Å². The van der Waals surface area contributed by atoms with Gasteiger partial charge in [-0.1, -0.05) is 62.4 Å². The van der Waals surface area contributed by atoms with Crippen LogP contribution in [0.25, 0.3) is 0 Å². The van der Waals surface area contributed by atoms with E-state index in [0.29, 0.717) is 18.2 Å². The normalized spacial score (nSPS) is 15.2. The first-order chi connectivity index (χ1) is 15.0. The molecule has 1 fully saturated rings. The fourth-order valence-corrected chi connectivity index (χ4v) is 3.73. The highest BCUT2D eigenvalue weighted by molar-refractivity contribution is 5.90. The lowest BCUT2D eigenvalue weighted by atomic mass is 9.87. The SMILES string of the molecule is O=C(O)CC(NC(=O)OCc1ccccc1)C(=O)Cn1nnnc1CC1CCCCC1. The molecule has 1 amide bonds. The summed E-state index contributed by atoms with van der Waals surface area (Å²) >= 11 is 0. The van der Waals surface area contributed by atoms with Gasteiger partial charge in [-0.3, -0.25) is 9.59 Å². The Hall–Kier alpha value is -3.30. The third kappa shape index (κ3) is 7.16. The molecule has 10 nitrogen and oxygen atoms in total. The number of carboxylic acid groups (broad SMARTS) is 1. The predicted molar refractivity (Wildman–Crippen MR) is 109 cm³/mol. The van der Waals surface area contributed by atoms with Crippen molar-refractivity contribution in [2.24, 2.45) is 5.92 Å². The molecule has 3 rings (SSSR count). The number of ether oxygens (including phenoxy) is 1. The van der Waals surface area contributed by atoms with E-state index < -0.39 is 30.3 Å². The number of Topliss-reactive ketones (excluding diaryl/α,β-unsaturated/α-hetero) is 1. The zero-order valence-electron chi connectivity index (χ0n) is 17.3. The summed E-state index contributed by atoms with van der Waals surface area (Å²) in [6, 6.07) is 7.80. The summed E-state index contributed by atoms with van der Waals surface area (Å²) < 4.78 is 6.50. The number of carboxylic acids is 1. The number of rotatable bonds is 10. The van der Waals surface area contributed by atoms with Crippen LogP contribution in [-0.2, 0) is 33.9 Å². The number of aromatic nitrogens is 4. The molecule has 1 saturated carbocycles. The van der Waals surface area contributed by atoms with Gasteiger partial charge >= 0.3 is 12.1 Å². The summed E-state index contributed by atoms with van der Waals surface area (Å²) in [5.74, 6) is -0.632. The molecule has 1 aliphatic carbocycles. The van der Waals surface area contributed by atoms with Crippen molar-refractivity contribution in [2.45, 2.75) is 64.1 Å². The van der Waals surface area contributed by atoms with Crippen molar-refractivity contribution in [3.63, 3.8) is 0 Å². The summed E-state index contributed by atoms with van der Waals surface area (Å²) in [6.07, 6.45) is 5.08. The first-order valence-electron chi connectivity index (χ1n) is 10.5. The number of hydrogen-bond acceptors (Lipinski definition) is 7. The van der Waals surface area contributed by atoms with E-state index in [9.17, 15) is 14.4 Å². The molecule has 1 aliphatic rings. The van der Waals surface area contributed by atoms with Gasteiger partial charge in [0, 0.05) is 6.42 Å². The summed E-state index contributed by atoms with van der Waals surface area (Å²) in [4.78, 5) is 36.1. The van der Waals surface area contributed by atoms with Gasteiger partial charge in [0.25, 0.3) is 0 Å². The van der Waals surface area contributed by atoms with Crippen LogP contribution in [0.5, 0.6) is 0 Å². The molecule has 1 unspecified atom stereocenters. The highest BCUT2D eigenvalue weighted by Crippen LogP contribution is 2.26. The lowest BCUT2D eigenvalue weighted by Crippen LogP contribution is -2.44. The Morgan fingerprint density at radius 2 is 1.90 bits per heavy atom. The van der Waals surface area contributed by atoms with Crippen molar-refractivity contribution in [3.8, 4) is 0 Å². The smallest absolute Gasteiger partial charge is 0.408 e. The third-order valence-electron chi connectivity index (χ3n) is 5.38. The standard InChI is InChI=1S/C21H27N5O5/c27-18(13-26-19(23-24-25-26)11-15-7-3-1-4-8-15)17(12-20(28)29)22-21(30)31-14-16-9-5-2-6-10-16/h2,5-6,9-10,15,17H,1,3-4,7-8,11-14H2,(H,22,30)(H,28,29). The minimum Gasteiger partial charge on any atom is -0.481 e. The number of carbonyl (C=O) groups excluding carboxylic acids is 2. The molecule has 166 valence electrons. The number of nitrogens with one attached hydrogen (secondary N) is 1. The van der Waals surface area contributed by atoms with E-state index in [1.807, 2.05) is 18.2 Å². The first-order valence-corrected chi connectivity index (χ1v) is 10.5. The van der Waals surface area contributed by atoms with Gasteiger partial charge in [-0.15, -0.1) is 5.10 Å². The number of alkyl carbamates (subject to hydrolysis) is 1. The molecular weight excluding hydrogens is 402 g/mol. The molecule has 2 aromatic rings. The van der Waals surface area contributed by atoms with Crippen molar-refractivity contribution in [1.82, 2.24) is 25.5 Å². The Morgan fingerprint density at radius 1 is 1.16 bits per heavy atom. The molecule has 0 bridgehead atoms. The van der Waals surface area contributed by atoms with Crippen LogP contribution in [-0.4, -0.2) is 49.2 Å². The van der Waals surface area contributed by atoms with Gasteiger partial charge in [-0.25, -0.2) is 9.48 Å². The molecule has 0 spiro atoms. The largest absolute Gasteiger partial charge is 0.481 e. The van der Waals surface area contributed by atoms with E-state index in [4.69, 9.17) is 9.84 Å². The Morgan fingerprint density at radius 3 is 2.61 bits per heavy atom. The minimum atomic E-state index is -1.24. The number of amides is 1. The maximum Gasteiger partial charge on any atom is 0.408 e. The molecule has 10 heteroatoms. The molecule has 1 atom stereocenters. The molecule has 2 N–H and O–H groups in total. The second-order valence-electron chi connectivity index (χ2n) is 7.78. The molecule has 31 heavy (non-hydrogen) atoms. The van der Waals surface area contributed by atoms with E-state index in [0.717, 1.165) is 18.4 Å². The first kappa shape index (κ1) is 22.4. The Bertz CT molecular complexity index is 879.